The van der Waals surface area contributed by atoms with Crippen LogP contribution in [0.1, 0.15) is 108 Å². The molecule has 2 heterocycles. The fourth-order valence-electron chi connectivity index (χ4n) is 13.4. The Morgan fingerprint density at radius 3 is 1.88 bits per heavy atom. The smallest absolute Gasteiger partial charge is 1.00 e. The molecular formula is C42H63NaO16. The third kappa shape index (κ3) is 7.02. The number of hydrogen-bond donors (Lipinski definition) is 8. The maximum Gasteiger partial charge on any atom is 1.00 e. The number of aliphatic hydroxyl groups is 5. The van der Waals surface area contributed by atoms with Gasteiger partial charge < -0.3 is 61.2 Å². The molecule has 0 aromatic heterocycles. The molecule has 328 valence electrons. The first kappa shape index (κ1) is 47.0. The van der Waals surface area contributed by atoms with E-state index in [-0.39, 0.29) is 65.4 Å². The van der Waals surface area contributed by atoms with Crippen LogP contribution in [0.4, 0.5) is 0 Å². The van der Waals surface area contributed by atoms with Crippen molar-refractivity contribution in [3.63, 3.8) is 0 Å². The molecule has 59 heavy (non-hydrogen) atoms. The van der Waals surface area contributed by atoms with Gasteiger partial charge in [-0.05, 0) is 110 Å². The molecule has 19 atom stereocenters. The molecule has 0 aromatic rings. The van der Waals surface area contributed by atoms with E-state index in [1.165, 1.54) is 0 Å². The minimum Gasteiger partial charge on any atom is -1.00 e. The molecule has 0 aromatic carbocycles. The van der Waals surface area contributed by atoms with Gasteiger partial charge in [0.15, 0.2) is 30.6 Å². The quantitative estimate of drug-likeness (QED) is 0.117. The van der Waals surface area contributed by atoms with Gasteiger partial charge in [0.1, 0.15) is 36.6 Å². The Labute approximate surface area is 367 Å². The second kappa shape index (κ2) is 15.6. The summed E-state index contributed by atoms with van der Waals surface area (Å²) in [5, 5.41) is 83.0. The molecule has 7 rings (SSSR count). The van der Waals surface area contributed by atoms with E-state index in [9.17, 15) is 60.0 Å². The van der Waals surface area contributed by atoms with E-state index < -0.39 is 107 Å². The van der Waals surface area contributed by atoms with Crippen LogP contribution in [-0.4, -0.2) is 132 Å². The number of allylic oxidation sites excluding steroid dienone is 2. The molecule has 4 saturated carbocycles. The minimum absolute atomic E-state index is 0. The van der Waals surface area contributed by atoms with E-state index in [1.807, 2.05) is 26.8 Å². The summed E-state index contributed by atoms with van der Waals surface area (Å²) in [6, 6.07) is 0. The average Bonchev–Trinajstić information content (AvgIpc) is 3.13. The predicted octanol–water partition coefficient (Wildman–Crippen LogP) is -0.638. The number of carbonyl (C=O) groups excluding carboxylic acids is 1. The first-order valence-electron chi connectivity index (χ1n) is 20.7. The number of carbonyl (C=O) groups is 4. The maximum atomic E-state index is 14.8. The van der Waals surface area contributed by atoms with E-state index in [2.05, 4.69) is 27.7 Å². The number of ether oxygens (including phenoxy) is 4. The van der Waals surface area contributed by atoms with Crippen molar-refractivity contribution >= 4 is 23.7 Å². The second-order valence-corrected chi connectivity index (χ2v) is 20.6. The molecule has 0 bridgehead atoms. The van der Waals surface area contributed by atoms with Gasteiger partial charge in [0.05, 0.1) is 11.5 Å². The fraction of sp³-hybridized carbons (Fsp3) is 0.857. The van der Waals surface area contributed by atoms with Crippen LogP contribution in [0.25, 0.3) is 0 Å². The van der Waals surface area contributed by atoms with Crippen molar-refractivity contribution in [1.82, 2.24) is 0 Å². The van der Waals surface area contributed by atoms with Gasteiger partial charge in [0.25, 0.3) is 0 Å². The number of fused-ring (bicyclic) bond motifs is 7. The molecule has 17 heteroatoms. The average molecular weight is 847 g/mol. The molecule has 16 nitrogen and oxygen atoms in total. The number of carboxylic acid groups (broad SMARTS) is 3. The second-order valence-electron chi connectivity index (χ2n) is 20.6. The number of rotatable bonds is 7. The summed E-state index contributed by atoms with van der Waals surface area (Å²) in [5.74, 6) is -4.47. The molecule has 0 radical (unpaired) electrons. The summed E-state index contributed by atoms with van der Waals surface area (Å²) in [6.45, 7) is 14.8. The molecule has 0 spiro atoms. The van der Waals surface area contributed by atoms with Crippen molar-refractivity contribution in [2.24, 2.45) is 50.2 Å². The molecular weight excluding hydrogens is 783 g/mol. The van der Waals surface area contributed by atoms with Crippen molar-refractivity contribution < 1.29 is 110 Å². The summed E-state index contributed by atoms with van der Waals surface area (Å²) in [6.07, 6.45) is -12.2. The summed E-state index contributed by atoms with van der Waals surface area (Å²) in [7, 11) is 0. The van der Waals surface area contributed by atoms with Crippen LogP contribution >= 0.6 is 0 Å². The number of aliphatic carboxylic acids is 3. The molecule has 0 amide bonds. The van der Waals surface area contributed by atoms with Gasteiger partial charge in [-0.1, -0.05) is 47.1 Å². The van der Waals surface area contributed by atoms with Gasteiger partial charge in [0, 0.05) is 5.92 Å². The van der Waals surface area contributed by atoms with Crippen LogP contribution < -0.4 is 29.6 Å². The monoisotopic (exact) mass is 846 g/mol. The topological polar surface area (TPSA) is 267 Å². The Kier molecular flexibility index (Phi) is 12.4. The number of carboxylic acids is 3. The van der Waals surface area contributed by atoms with Crippen LogP contribution in [0.3, 0.4) is 0 Å². The fourth-order valence-corrected chi connectivity index (χ4v) is 13.4. The predicted molar refractivity (Wildman–Crippen MR) is 201 cm³/mol. The Hall–Kier alpha value is -1.54. The normalized spacial score (nSPS) is 51.7. The maximum absolute atomic E-state index is 14.8. The molecule has 5 aliphatic carbocycles. The van der Waals surface area contributed by atoms with Crippen LogP contribution in [0.5, 0.6) is 0 Å². The number of hydrogen-bond acceptors (Lipinski definition) is 13. The van der Waals surface area contributed by atoms with Gasteiger partial charge in [0.2, 0.25) is 0 Å². The van der Waals surface area contributed by atoms with Gasteiger partial charge in [-0.2, -0.15) is 0 Å². The standard InChI is InChI=1S/C42H62O16.Na.H/c1-37(2)21-8-11-42(7)31(20(43)16-18-19-17-39(4,36(53)54)13-12-38(19,3)14-15-41(18,42)6)40(21,5)10-9-22(37)55-35-30(26(47)25(46)29(57-35)33(51)52)58-34-27(48)23(44)24(45)28(56-34)32(49)50;;/h16,19,21-31,34-35,44-48H,8-15,17H2,1-7H3,(H,49,50)(H,51,52)(H,53,54);;/q;+1;-1. The minimum atomic E-state index is -2.05. The third-order valence-corrected chi connectivity index (χ3v) is 17.2. The summed E-state index contributed by atoms with van der Waals surface area (Å²) in [5.41, 5.74) is -1.81. The number of ketones is 1. The van der Waals surface area contributed by atoms with Gasteiger partial charge in [-0.15, -0.1) is 0 Å². The van der Waals surface area contributed by atoms with E-state index >= 15 is 0 Å². The van der Waals surface area contributed by atoms with Gasteiger partial charge >= 0.3 is 47.5 Å². The van der Waals surface area contributed by atoms with Crippen molar-refractivity contribution in [1.29, 1.82) is 0 Å². The molecule has 7 aliphatic rings. The van der Waals surface area contributed by atoms with Crippen molar-refractivity contribution in [3.05, 3.63) is 11.6 Å². The third-order valence-electron chi connectivity index (χ3n) is 17.2. The molecule has 6 fully saturated rings. The van der Waals surface area contributed by atoms with E-state index in [0.29, 0.717) is 25.7 Å². The SMILES string of the molecule is CC1(C(=O)O)CCC2(C)CCC3(C)C(=CC(=O)C4C5(C)CCC(OC6OC(C(=O)O)C(O)C(O)C6OC6OC(C(=O)O)C(O)C(O)C6O)C(C)(C)C5CCC43C)C2C1.[H-].[Na+]. The first-order valence-corrected chi connectivity index (χ1v) is 20.7. The largest absolute Gasteiger partial charge is 1.00 e. The van der Waals surface area contributed by atoms with E-state index in [1.54, 1.807) is 0 Å². The zero-order chi connectivity index (χ0) is 42.9. The van der Waals surface area contributed by atoms with E-state index in [0.717, 1.165) is 37.7 Å². The number of aliphatic hydroxyl groups excluding tert-OH is 5. The van der Waals surface area contributed by atoms with E-state index in [4.69, 9.17) is 18.9 Å². The van der Waals surface area contributed by atoms with Crippen LogP contribution in [0, 0.1) is 50.2 Å². The van der Waals surface area contributed by atoms with Crippen molar-refractivity contribution in [2.45, 2.75) is 174 Å². The van der Waals surface area contributed by atoms with Gasteiger partial charge in [-0.25, -0.2) is 9.59 Å². The Morgan fingerprint density at radius 1 is 0.712 bits per heavy atom. The van der Waals surface area contributed by atoms with Crippen LogP contribution in [0.2, 0.25) is 0 Å². The van der Waals surface area contributed by atoms with Crippen LogP contribution in [-0.2, 0) is 38.1 Å². The van der Waals surface area contributed by atoms with Gasteiger partial charge in [-0.3, -0.25) is 9.59 Å². The molecule has 2 aliphatic heterocycles. The zero-order valence-corrected chi connectivity index (χ0v) is 37.4. The Balaban J connectivity index is 0.00000341. The first-order chi connectivity index (χ1) is 26.8. The van der Waals surface area contributed by atoms with Crippen LogP contribution in [0.15, 0.2) is 11.6 Å². The molecule has 19 unspecified atom stereocenters. The van der Waals surface area contributed by atoms with Crippen molar-refractivity contribution in [3.8, 4) is 0 Å². The summed E-state index contributed by atoms with van der Waals surface area (Å²) in [4.78, 5) is 51.3. The summed E-state index contributed by atoms with van der Waals surface area (Å²) < 4.78 is 23.4. The molecule has 8 N–H and O–H groups in total. The Morgan fingerprint density at radius 2 is 1.29 bits per heavy atom. The zero-order valence-electron chi connectivity index (χ0n) is 36.4. The molecule has 2 saturated heterocycles. The summed E-state index contributed by atoms with van der Waals surface area (Å²) >= 11 is 0. The Bertz CT molecular complexity index is 1750. The van der Waals surface area contributed by atoms with Crippen molar-refractivity contribution in [2.75, 3.05) is 0 Å².